The Balaban J connectivity index is 0.00000288. The van der Waals surface area contributed by atoms with Gasteiger partial charge in [0.15, 0.2) is 0 Å². The summed E-state index contributed by atoms with van der Waals surface area (Å²) < 4.78 is 5.55. The van der Waals surface area contributed by atoms with Crippen molar-refractivity contribution in [1.82, 2.24) is 0 Å². The van der Waals surface area contributed by atoms with Gasteiger partial charge in [0.05, 0.1) is 18.8 Å². The summed E-state index contributed by atoms with van der Waals surface area (Å²) in [6.45, 7) is 4.57. The van der Waals surface area contributed by atoms with Crippen LogP contribution in [0.4, 0.5) is 5.69 Å². The van der Waals surface area contributed by atoms with Crippen molar-refractivity contribution in [1.29, 1.82) is 0 Å². The first kappa shape index (κ1) is 20.2. The molecule has 0 aromatic heterocycles. The fourth-order valence-corrected chi connectivity index (χ4v) is 2.14. The quantitative estimate of drug-likeness (QED) is 0.804. The van der Waals surface area contributed by atoms with Gasteiger partial charge >= 0.3 is 0 Å². The number of carbonyl (C=O) groups excluding carboxylic acids is 1. The summed E-state index contributed by atoms with van der Waals surface area (Å²) in [6.07, 6.45) is 0.720. The number of rotatable bonds is 7. The maximum Gasteiger partial charge on any atom is 0.241 e. The molecule has 0 radical (unpaired) electrons. The minimum atomic E-state index is -0.568. The third kappa shape index (κ3) is 6.71. The molecule has 0 spiro atoms. The van der Waals surface area contributed by atoms with Gasteiger partial charge in [0.25, 0.3) is 0 Å². The van der Waals surface area contributed by atoms with E-state index in [-0.39, 0.29) is 24.4 Å². The van der Waals surface area contributed by atoms with Crippen molar-refractivity contribution in [3.63, 3.8) is 0 Å². The summed E-state index contributed by atoms with van der Waals surface area (Å²) in [4.78, 5) is 12.2. The zero-order valence-corrected chi connectivity index (χ0v) is 14.9. The monoisotopic (exact) mass is 348 g/mol. The molecule has 0 heterocycles. The van der Waals surface area contributed by atoms with Crippen LogP contribution in [0.25, 0.3) is 0 Å². The molecule has 2 aromatic rings. The molecule has 5 heteroatoms. The maximum absolute atomic E-state index is 12.2. The molecule has 4 nitrogen and oxygen atoms in total. The number of anilines is 1. The highest BCUT2D eigenvalue weighted by atomic mass is 35.5. The molecule has 24 heavy (non-hydrogen) atoms. The minimum Gasteiger partial charge on any atom is -0.374 e. The first-order valence-corrected chi connectivity index (χ1v) is 7.85. The fraction of sp³-hybridized carbons (Fsp3) is 0.316. The molecule has 0 aliphatic heterocycles. The average molecular weight is 349 g/mol. The van der Waals surface area contributed by atoms with Crippen molar-refractivity contribution in [2.24, 2.45) is 5.73 Å². The summed E-state index contributed by atoms with van der Waals surface area (Å²) >= 11 is 0. The molecule has 0 bridgehead atoms. The highest BCUT2D eigenvalue weighted by Gasteiger charge is 2.14. The van der Waals surface area contributed by atoms with Crippen LogP contribution in [0.5, 0.6) is 0 Å². The second kappa shape index (κ2) is 10.1. The molecule has 130 valence electrons. The van der Waals surface area contributed by atoms with E-state index in [0.29, 0.717) is 13.0 Å². The van der Waals surface area contributed by atoms with Crippen molar-refractivity contribution in [2.75, 3.05) is 5.32 Å². The number of halogens is 1. The number of nitrogens with two attached hydrogens (primary N) is 1. The van der Waals surface area contributed by atoms with Crippen LogP contribution in [0.15, 0.2) is 54.6 Å². The normalized spacial score (nSPS) is 11.7. The number of hydrogen-bond acceptors (Lipinski definition) is 3. The van der Waals surface area contributed by atoms with E-state index >= 15 is 0 Å². The molecule has 3 N–H and O–H groups in total. The van der Waals surface area contributed by atoms with E-state index in [1.54, 1.807) is 0 Å². The molecule has 0 aliphatic rings. The lowest BCUT2D eigenvalue weighted by atomic mass is 10.1. The standard InChI is InChI=1S/C19H24N2O2.ClH/c1-14(2)23-13-16-8-10-17(11-9-16)21-19(22)18(20)12-15-6-4-3-5-7-15;/h3-11,14,18H,12-13,20H2,1-2H3,(H,21,22);1H/t18-;/m0./s1. The Morgan fingerprint density at radius 2 is 1.67 bits per heavy atom. The minimum absolute atomic E-state index is 0. The zero-order valence-electron chi connectivity index (χ0n) is 14.1. The number of amides is 1. The van der Waals surface area contributed by atoms with Crippen LogP contribution in [-0.2, 0) is 22.6 Å². The first-order valence-electron chi connectivity index (χ1n) is 7.85. The van der Waals surface area contributed by atoms with Crippen LogP contribution in [0, 0.1) is 0 Å². The summed E-state index contributed by atoms with van der Waals surface area (Å²) in [7, 11) is 0. The Kier molecular flexibility index (Phi) is 8.47. The van der Waals surface area contributed by atoms with E-state index in [1.165, 1.54) is 0 Å². The van der Waals surface area contributed by atoms with Gasteiger partial charge in [0, 0.05) is 5.69 Å². The Labute approximate surface area is 149 Å². The summed E-state index contributed by atoms with van der Waals surface area (Å²) in [6, 6.07) is 16.8. The van der Waals surface area contributed by atoms with Crippen LogP contribution in [0.1, 0.15) is 25.0 Å². The molecule has 0 saturated heterocycles. The van der Waals surface area contributed by atoms with E-state index in [9.17, 15) is 4.79 Å². The Bertz CT molecular complexity index is 615. The maximum atomic E-state index is 12.2. The van der Waals surface area contributed by atoms with Crippen molar-refractivity contribution >= 4 is 24.0 Å². The SMILES string of the molecule is CC(C)OCc1ccc(NC(=O)[C@@H](N)Cc2ccccc2)cc1.Cl. The van der Waals surface area contributed by atoms with Gasteiger partial charge < -0.3 is 15.8 Å². The van der Waals surface area contributed by atoms with Gasteiger partial charge in [0.2, 0.25) is 5.91 Å². The van der Waals surface area contributed by atoms with Gasteiger partial charge in [-0.05, 0) is 43.5 Å². The summed E-state index contributed by atoms with van der Waals surface area (Å²) in [5.74, 6) is -0.181. The van der Waals surface area contributed by atoms with Gasteiger partial charge in [-0.15, -0.1) is 12.4 Å². The van der Waals surface area contributed by atoms with Gasteiger partial charge in [-0.2, -0.15) is 0 Å². The molecule has 2 aromatic carbocycles. The van der Waals surface area contributed by atoms with Gasteiger partial charge in [-0.25, -0.2) is 0 Å². The molecule has 0 saturated carbocycles. The highest BCUT2D eigenvalue weighted by molar-refractivity contribution is 5.94. The highest BCUT2D eigenvalue weighted by Crippen LogP contribution is 2.12. The molecule has 0 unspecified atom stereocenters. The smallest absolute Gasteiger partial charge is 0.241 e. The van der Waals surface area contributed by atoms with E-state index in [1.807, 2.05) is 68.4 Å². The third-order valence-electron chi connectivity index (χ3n) is 3.44. The van der Waals surface area contributed by atoms with Crippen molar-refractivity contribution < 1.29 is 9.53 Å². The zero-order chi connectivity index (χ0) is 16.7. The predicted molar refractivity (Wildman–Crippen MR) is 100 cm³/mol. The van der Waals surface area contributed by atoms with Crippen molar-refractivity contribution in [3.05, 3.63) is 65.7 Å². The second-order valence-corrected chi connectivity index (χ2v) is 5.84. The lowest BCUT2D eigenvalue weighted by Crippen LogP contribution is -2.37. The Hall–Kier alpha value is -1.88. The molecule has 1 atom stereocenters. The number of carbonyl (C=O) groups is 1. The van der Waals surface area contributed by atoms with Crippen LogP contribution in [0.3, 0.4) is 0 Å². The van der Waals surface area contributed by atoms with E-state index < -0.39 is 6.04 Å². The summed E-state index contributed by atoms with van der Waals surface area (Å²) in [5, 5.41) is 2.85. The molecule has 1 amide bonds. The lowest BCUT2D eigenvalue weighted by Gasteiger charge is -2.13. The molecule has 2 rings (SSSR count). The number of ether oxygens (including phenoxy) is 1. The topological polar surface area (TPSA) is 64.3 Å². The first-order chi connectivity index (χ1) is 11.0. The Morgan fingerprint density at radius 1 is 1.04 bits per heavy atom. The number of nitrogens with one attached hydrogen (secondary N) is 1. The van der Waals surface area contributed by atoms with E-state index in [2.05, 4.69) is 5.32 Å². The fourth-order valence-electron chi connectivity index (χ4n) is 2.14. The van der Waals surface area contributed by atoms with Crippen molar-refractivity contribution in [3.8, 4) is 0 Å². The lowest BCUT2D eigenvalue weighted by molar-refractivity contribution is -0.117. The molecule has 0 fully saturated rings. The predicted octanol–water partition coefficient (Wildman–Crippen LogP) is 3.54. The van der Waals surface area contributed by atoms with Crippen LogP contribution < -0.4 is 11.1 Å². The molecular weight excluding hydrogens is 324 g/mol. The summed E-state index contributed by atoms with van der Waals surface area (Å²) in [5.41, 5.74) is 8.84. The molecule has 0 aliphatic carbocycles. The Morgan fingerprint density at radius 3 is 2.25 bits per heavy atom. The largest absolute Gasteiger partial charge is 0.374 e. The van der Waals surface area contributed by atoms with Crippen molar-refractivity contribution in [2.45, 2.75) is 39.0 Å². The van der Waals surface area contributed by atoms with Gasteiger partial charge in [0.1, 0.15) is 0 Å². The number of benzene rings is 2. The molecular formula is C19H25ClN2O2. The second-order valence-electron chi connectivity index (χ2n) is 5.84. The van der Waals surface area contributed by atoms with Gasteiger partial charge in [-0.1, -0.05) is 42.5 Å². The number of hydrogen-bond donors (Lipinski definition) is 2. The average Bonchev–Trinajstić information content (AvgIpc) is 2.55. The van der Waals surface area contributed by atoms with E-state index in [0.717, 1.165) is 16.8 Å². The van der Waals surface area contributed by atoms with E-state index in [4.69, 9.17) is 10.5 Å². The van der Waals surface area contributed by atoms with Crippen LogP contribution >= 0.6 is 12.4 Å². The van der Waals surface area contributed by atoms with Crippen LogP contribution in [-0.4, -0.2) is 18.1 Å². The third-order valence-corrected chi connectivity index (χ3v) is 3.44. The van der Waals surface area contributed by atoms with Gasteiger partial charge in [-0.3, -0.25) is 4.79 Å². The van der Waals surface area contributed by atoms with Crippen LogP contribution in [0.2, 0.25) is 0 Å².